The largest absolute Gasteiger partial charge is 0.364 e. The minimum Gasteiger partial charge on any atom is -0.364 e. The van der Waals surface area contributed by atoms with E-state index < -0.39 is 0 Å². The molecule has 0 radical (unpaired) electrons. The van der Waals surface area contributed by atoms with Crippen LogP contribution in [0.4, 0.5) is 0 Å². The van der Waals surface area contributed by atoms with Crippen molar-refractivity contribution in [2.75, 3.05) is 13.1 Å². The van der Waals surface area contributed by atoms with Gasteiger partial charge in [0.25, 0.3) is 5.91 Å². The second kappa shape index (κ2) is 7.22. The van der Waals surface area contributed by atoms with Gasteiger partial charge in [0.15, 0.2) is 0 Å². The maximum absolute atomic E-state index is 11.5. The monoisotopic (exact) mass is 269 g/mol. The lowest BCUT2D eigenvalue weighted by molar-refractivity contribution is -0.132. The number of rotatable bonds is 4. The minimum atomic E-state index is -0.345. The van der Waals surface area contributed by atoms with E-state index in [1.165, 1.54) is 38.6 Å². The molecule has 0 aromatic rings. The summed E-state index contributed by atoms with van der Waals surface area (Å²) in [5, 5.41) is 0. The smallest absolute Gasteiger partial charge is 0.263 e. The minimum absolute atomic E-state index is 0.189. The van der Waals surface area contributed by atoms with Crippen LogP contribution in [-0.2, 0) is 9.53 Å². The first kappa shape index (κ1) is 14.8. The molecule has 0 aliphatic carbocycles. The number of amides is 1. The quantitative estimate of drug-likeness (QED) is 0.457. The van der Waals surface area contributed by atoms with E-state index in [4.69, 9.17) is 10.6 Å². The van der Waals surface area contributed by atoms with Gasteiger partial charge in [-0.05, 0) is 38.6 Å². The summed E-state index contributed by atoms with van der Waals surface area (Å²) in [6.45, 7) is 4.40. The van der Waals surface area contributed by atoms with Crippen LogP contribution >= 0.6 is 0 Å². The third kappa shape index (κ3) is 3.91. The van der Waals surface area contributed by atoms with Gasteiger partial charge in [-0.25, -0.2) is 5.84 Å². The number of nitrogens with two attached hydrogens (primary N) is 1. The highest BCUT2D eigenvalue weighted by molar-refractivity contribution is 5.80. The van der Waals surface area contributed by atoms with Crippen molar-refractivity contribution in [1.29, 1.82) is 0 Å². The average Bonchev–Trinajstić information content (AvgIpc) is 2.77. The summed E-state index contributed by atoms with van der Waals surface area (Å²) in [7, 11) is 0. The highest BCUT2D eigenvalue weighted by Crippen LogP contribution is 2.24. The molecule has 110 valence electrons. The molecule has 0 bridgehead atoms. The molecule has 2 heterocycles. The molecule has 2 aliphatic rings. The van der Waals surface area contributed by atoms with Gasteiger partial charge in [-0.15, -0.1) is 0 Å². The fraction of sp³-hybridized carbons (Fsp3) is 0.929. The molecular weight excluding hydrogens is 242 g/mol. The zero-order chi connectivity index (χ0) is 13.7. The number of hydrogen-bond acceptors (Lipinski definition) is 4. The van der Waals surface area contributed by atoms with Crippen LogP contribution in [0, 0.1) is 0 Å². The van der Waals surface area contributed by atoms with Crippen LogP contribution in [0.5, 0.6) is 0 Å². The summed E-state index contributed by atoms with van der Waals surface area (Å²) in [5.74, 6) is 4.97. The van der Waals surface area contributed by atoms with Crippen LogP contribution in [0.3, 0.4) is 0 Å². The summed E-state index contributed by atoms with van der Waals surface area (Å²) in [4.78, 5) is 14.0. The predicted molar refractivity (Wildman–Crippen MR) is 74.3 cm³/mol. The second-order valence-corrected chi connectivity index (χ2v) is 5.74. The third-order valence-corrected chi connectivity index (χ3v) is 4.45. The van der Waals surface area contributed by atoms with E-state index in [1.807, 2.05) is 0 Å². The zero-order valence-electron chi connectivity index (χ0n) is 11.9. The van der Waals surface area contributed by atoms with Crippen LogP contribution < -0.4 is 11.3 Å². The first-order valence-corrected chi connectivity index (χ1v) is 7.64. The third-order valence-electron chi connectivity index (χ3n) is 4.45. The van der Waals surface area contributed by atoms with E-state index in [1.54, 1.807) is 0 Å². The molecule has 2 aliphatic heterocycles. The molecule has 0 spiro atoms. The van der Waals surface area contributed by atoms with E-state index in [9.17, 15) is 4.79 Å². The van der Waals surface area contributed by atoms with Gasteiger partial charge in [-0.3, -0.25) is 15.1 Å². The highest BCUT2D eigenvalue weighted by atomic mass is 16.5. The maximum Gasteiger partial charge on any atom is 0.263 e. The summed E-state index contributed by atoms with van der Waals surface area (Å²) >= 11 is 0. The lowest BCUT2D eigenvalue weighted by atomic mass is 10.1. The summed E-state index contributed by atoms with van der Waals surface area (Å²) in [6, 6.07) is 0.688. The number of hydrogen-bond donors (Lipinski definition) is 2. The van der Waals surface area contributed by atoms with Crippen molar-refractivity contribution in [3.05, 3.63) is 0 Å². The number of carbonyl (C=O) groups is 1. The van der Waals surface area contributed by atoms with Crippen LogP contribution in [0.2, 0.25) is 0 Å². The highest BCUT2D eigenvalue weighted by Gasteiger charge is 2.32. The van der Waals surface area contributed by atoms with Crippen molar-refractivity contribution in [3.63, 3.8) is 0 Å². The van der Waals surface area contributed by atoms with Crippen molar-refractivity contribution in [2.24, 2.45) is 5.84 Å². The van der Waals surface area contributed by atoms with Crippen molar-refractivity contribution in [1.82, 2.24) is 10.3 Å². The lowest BCUT2D eigenvalue weighted by Gasteiger charge is -2.31. The maximum atomic E-state index is 11.5. The Hall–Kier alpha value is -0.650. The molecule has 3 N–H and O–H groups in total. The zero-order valence-corrected chi connectivity index (χ0v) is 11.9. The topological polar surface area (TPSA) is 67.6 Å². The van der Waals surface area contributed by atoms with Crippen LogP contribution in [-0.4, -0.2) is 42.1 Å². The first-order valence-electron chi connectivity index (χ1n) is 7.64. The van der Waals surface area contributed by atoms with Gasteiger partial charge in [0.1, 0.15) is 6.10 Å². The van der Waals surface area contributed by atoms with Gasteiger partial charge in [-0.1, -0.05) is 19.8 Å². The molecular formula is C14H27N3O2. The number of carbonyl (C=O) groups excluding carboxylic acids is 1. The molecule has 3 atom stereocenters. The van der Waals surface area contributed by atoms with Crippen LogP contribution in [0.1, 0.15) is 51.9 Å². The standard InChI is InChI=1S/C14H27N3O2/c1-2-11-6-4-3-5-9-17(11)10-12-7-8-13(19-12)14(18)16-15/h11-13H,2-10,15H2,1H3,(H,16,18). The fourth-order valence-corrected chi connectivity index (χ4v) is 3.33. The van der Waals surface area contributed by atoms with Gasteiger partial charge >= 0.3 is 0 Å². The Morgan fingerprint density at radius 2 is 2.16 bits per heavy atom. The Morgan fingerprint density at radius 1 is 1.32 bits per heavy atom. The molecule has 0 saturated carbocycles. The Balaban J connectivity index is 1.84. The molecule has 1 amide bonds. The van der Waals surface area contributed by atoms with E-state index in [0.29, 0.717) is 6.04 Å². The van der Waals surface area contributed by atoms with E-state index in [-0.39, 0.29) is 18.1 Å². The van der Waals surface area contributed by atoms with Crippen molar-refractivity contribution < 1.29 is 9.53 Å². The van der Waals surface area contributed by atoms with E-state index >= 15 is 0 Å². The lowest BCUT2D eigenvalue weighted by Crippen LogP contribution is -2.42. The Bertz CT molecular complexity index is 298. The Kier molecular flexibility index (Phi) is 5.60. The summed E-state index contributed by atoms with van der Waals surface area (Å²) in [5.41, 5.74) is 2.18. The first-order chi connectivity index (χ1) is 9.24. The van der Waals surface area contributed by atoms with Crippen molar-refractivity contribution >= 4 is 5.91 Å². The number of likely N-dealkylation sites (tertiary alicyclic amines) is 1. The molecule has 19 heavy (non-hydrogen) atoms. The van der Waals surface area contributed by atoms with Crippen LogP contribution in [0.25, 0.3) is 0 Å². The molecule has 5 nitrogen and oxygen atoms in total. The van der Waals surface area contributed by atoms with Crippen molar-refractivity contribution in [3.8, 4) is 0 Å². The molecule has 5 heteroatoms. The predicted octanol–water partition coefficient (Wildman–Crippen LogP) is 1.18. The normalized spacial score (nSPS) is 33.1. The number of nitrogens with zero attached hydrogens (tertiary/aromatic N) is 1. The van der Waals surface area contributed by atoms with Crippen molar-refractivity contribution in [2.45, 2.75) is 70.1 Å². The second-order valence-electron chi connectivity index (χ2n) is 5.74. The number of hydrazine groups is 1. The molecule has 0 aromatic heterocycles. The fourth-order valence-electron chi connectivity index (χ4n) is 3.33. The van der Waals surface area contributed by atoms with Gasteiger partial charge in [-0.2, -0.15) is 0 Å². The van der Waals surface area contributed by atoms with Gasteiger partial charge in [0.05, 0.1) is 6.10 Å². The van der Waals surface area contributed by atoms with Gasteiger partial charge in [0.2, 0.25) is 0 Å². The molecule has 2 rings (SSSR count). The number of ether oxygens (including phenoxy) is 1. The molecule has 0 aromatic carbocycles. The summed E-state index contributed by atoms with van der Waals surface area (Å²) < 4.78 is 5.82. The molecule has 3 unspecified atom stereocenters. The average molecular weight is 269 g/mol. The van der Waals surface area contributed by atoms with Gasteiger partial charge < -0.3 is 4.74 Å². The Labute approximate surface area is 115 Å². The van der Waals surface area contributed by atoms with E-state index in [2.05, 4.69) is 17.2 Å². The van der Waals surface area contributed by atoms with Crippen LogP contribution in [0.15, 0.2) is 0 Å². The molecule has 2 fully saturated rings. The summed E-state index contributed by atoms with van der Waals surface area (Å²) in [6.07, 6.45) is 8.08. The van der Waals surface area contributed by atoms with E-state index in [0.717, 1.165) is 19.4 Å². The SMILES string of the molecule is CCC1CCCCCN1CC1CCC(C(=O)NN)O1. The number of nitrogens with one attached hydrogen (secondary N) is 1. The Morgan fingerprint density at radius 3 is 2.89 bits per heavy atom. The molecule has 2 saturated heterocycles. The van der Waals surface area contributed by atoms with Gasteiger partial charge in [0, 0.05) is 12.6 Å².